The molecule has 0 saturated heterocycles. The Kier molecular flexibility index (Phi) is 18.3. The highest BCUT2D eigenvalue weighted by Gasteiger charge is 1.96. The zero-order chi connectivity index (χ0) is 15.6. The maximum Gasteiger partial charge on any atom is 0.318 e. The average Bonchev–Trinajstić information content (AvgIpc) is 2.50. The zero-order valence-electron chi connectivity index (χ0n) is 14.3. The third-order valence-electron chi connectivity index (χ3n) is 3.88. The smallest absolute Gasteiger partial charge is 0.314 e. The summed E-state index contributed by atoms with van der Waals surface area (Å²) in [6.07, 6.45) is 18.9. The Labute approximate surface area is 133 Å². The summed E-state index contributed by atoms with van der Waals surface area (Å²) in [4.78, 5) is 0. The minimum absolute atomic E-state index is 0.573. The fourth-order valence-electron chi connectivity index (χ4n) is 2.51. The molecule has 0 rings (SSSR count). The molecule has 0 aliphatic heterocycles. The van der Waals surface area contributed by atoms with Crippen LogP contribution in [0.2, 0.25) is 0 Å². The molecule has 0 bridgehead atoms. The van der Waals surface area contributed by atoms with Crippen LogP contribution in [0.1, 0.15) is 96.8 Å². The molecule has 0 amide bonds. The molecule has 0 fully saturated rings. The SMILES string of the molecule is CCCCCCCCCCCCCCCCO[PH](=O)OC. The second-order valence-corrected chi connectivity index (χ2v) is 7.10. The first-order chi connectivity index (χ1) is 10.3. The standard InChI is InChI=1S/C17H37O3P/c1-3-4-5-6-7-8-9-10-11-12-13-14-15-16-17-20-21(18)19-2/h21H,3-17H2,1-2H3. The van der Waals surface area contributed by atoms with Gasteiger partial charge in [-0.25, -0.2) is 0 Å². The molecule has 21 heavy (non-hydrogen) atoms. The summed E-state index contributed by atoms with van der Waals surface area (Å²) in [6, 6.07) is 0. The van der Waals surface area contributed by atoms with Gasteiger partial charge in [0.15, 0.2) is 0 Å². The molecule has 0 radical (unpaired) electrons. The molecule has 0 aromatic heterocycles. The van der Waals surface area contributed by atoms with Crippen LogP contribution in [-0.2, 0) is 13.6 Å². The van der Waals surface area contributed by atoms with E-state index in [0.717, 1.165) is 6.42 Å². The summed E-state index contributed by atoms with van der Waals surface area (Å²) < 4.78 is 20.5. The van der Waals surface area contributed by atoms with Crippen LogP contribution in [-0.4, -0.2) is 13.7 Å². The molecule has 0 spiro atoms. The predicted molar refractivity (Wildman–Crippen MR) is 92.3 cm³/mol. The number of rotatable bonds is 17. The van der Waals surface area contributed by atoms with Gasteiger partial charge in [0.1, 0.15) is 0 Å². The van der Waals surface area contributed by atoms with Gasteiger partial charge in [-0.3, -0.25) is 4.57 Å². The van der Waals surface area contributed by atoms with Gasteiger partial charge in [0, 0.05) is 7.11 Å². The van der Waals surface area contributed by atoms with Crippen molar-refractivity contribution < 1.29 is 13.6 Å². The fraction of sp³-hybridized carbons (Fsp3) is 1.00. The molecule has 1 atom stereocenters. The first-order valence-electron chi connectivity index (χ1n) is 9.02. The molecule has 0 aliphatic rings. The summed E-state index contributed by atoms with van der Waals surface area (Å²) in [5, 5.41) is 0. The topological polar surface area (TPSA) is 35.5 Å². The molecule has 0 aliphatic carbocycles. The molecule has 0 saturated carbocycles. The van der Waals surface area contributed by atoms with Crippen molar-refractivity contribution in [1.82, 2.24) is 0 Å². The summed E-state index contributed by atoms with van der Waals surface area (Å²) in [5.74, 6) is 0. The molecule has 128 valence electrons. The van der Waals surface area contributed by atoms with Crippen molar-refractivity contribution in [3.63, 3.8) is 0 Å². The van der Waals surface area contributed by atoms with E-state index in [1.165, 1.54) is 90.6 Å². The van der Waals surface area contributed by atoms with Gasteiger partial charge < -0.3 is 9.05 Å². The van der Waals surface area contributed by atoms with E-state index in [9.17, 15) is 4.57 Å². The van der Waals surface area contributed by atoms with E-state index in [-0.39, 0.29) is 0 Å². The van der Waals surface area contributed by atoms with Crippen molar-refractivity contribution >= 4 is 8.25 Å². The molecular weight excluding hydrogens is 283 g/mol. The summed E-state index contributed by atoms with van der Waals surface area (Å²) >= 11 is 0. The van der Waals surface area contributed by atoms with Crippen LogP contribution in [0.25, 0.3) is 0 Å². The minimum Gasteiger partial charge on any atom is -0.314 e. The molecular formula is C17H37O3P. The van der Waals surface area contributed by atoms with Crippen LogP contribution >= 0.6 is 8.25 Å². The van der Waals surface area contributed by atoms with Gasteiger partial charge in [0.25, 0.3) is 0 Å². The largest absolute Gasteiger partial charge is 0.318 e. The third-order valence-corrected chi connectivity index (χ3v) is 4.66. The first kappa shape index (κ1) is 21.1. The highest BCUT2D eigenvalue weighted by molar-refractivity contribution is 7.33. The van der Waals surface area contributed by atoms with E-state index in [1.54, 1.807) is 0 Å². The molecule has 3 nitrogen and oxygen atoms in total. The average molecular weight is 320 g/mol. The number of hydrogen-bond donors (Lipinski definition) is 0. The fourth-order valence-corrected chi connectivity index (χ4v) is 2.94. The van der Waals surface area contributed by atoms with Crippen LogP contribution in [0.5, 0.6) is 0 Å². The highest BCUT2D eigenvalue weighted by Crippen LogP contribution is 2.22. The van der Waals surface area contributed by atoms with E-state index in [4.69, 9.17) is 4.52 Å². The highest BCUT2D eigenvalue weighted by atomic mass is 31.1. The van der Waals surface area contributed by atoms with Gasteiger partial charge in [-0.1, -0.05) is 90.4 Å². The van der Waals surface area contributed by atoms with Gasteiger partial charge in [-0.05, 0) is 6.42 Å². The quantitative estimate of drug-likeness (QED) is 0.226. The van der Waals surface area contributed by atoms with E-state index in [2.05, 4.69) is 11.4 Å². The lowest BCUT2D eigenvalue weighted by molar-refractivity contribution is 0.250. The summed E-state index contributed by atoms with van der Waals surface area (Å²) in [7, 11) is -0.773. The predicted octanol–water partition coefficient (Wildman–Crippen LogP) is 6.52. The Balaban J connectivity index is 2.98. The van der Waals surface area contributed by atoms with Crippen molar-refractivity contribution in [2.24, 2.45) is 0 Å². The van der Waals surface area contributed by atoms with E-state index >= 15 is 0 Å². The van der Waals surface area contributed by atoms with Crippen LogP contribution in [0, 0.1) is 0 Å². The number of unbranched alkanes of at least 4 members (excludes halogenated alkanes) is 13. The third kappa shape index (κ3) is 18.1. The normalized spacial score (nSPS) is 12.7. The van der Waals surface area contributed by atoms with Crippen molar-refractivity contribution in [3.8, 4) is 0 Å². The van der Waals surface area contributed by atoms with Crippen molar-refractivity contribution in [2.75, 3.05) is 13.7 Å². The molecule has 0 aromatic rings. The maximum absolute atomic E-state index is 10.9. The Morgan fingerprint density at radius 1 is 0.667 bits per heavy atom. The minimum atomic E-state index is -2.20. The van der Waals surface area contributed by atoms with E-state index in [1.807, 2.05) is 0 Å². The number of hydrogen-bond acceptors (Lipinski definition) is 3. The van der Waals surface area contributed by atoms with Gasteiger partial charge >= 0.3 is 8.25 Å². The molecule has 0 aromatic carbocycles. The van der Waals surface area contributed by atoms with Gasteiger partial charge in [0.2, 0.25) is 0 Å². The molecule has 1 unspecified atom stereocenters. The van der Waals surface area contributed by atoms with E-state index in [0.29, 0.717) is 6.61 Å². The lowest BCUT2D eigenvalue weighted by Crippen LogP contribution is -1.88. The summed E-state index contributed by atoms with van der Waals surface area (Å²) in [6.45, 7) is 2.85. The van der Waals surface area contributed by atoms with Crippen molar-refractivity contribution in [1.29, 1.82) is 0 Å². The van der Waals surface area contributed by atoms with Gasteiger partial charge in [-0.15, -0.1) is 0 Å². The summed E-state index contributed by atoms with van der Waals surface area (Å²) in [5.41, 5.74) is 0. The Hall–Kier alpha value is 0.150. The monoisotopic (exact) mass is 320 g/mol. The Bertz CT molecular complexity index is 222. The van der Waals surface area contributed by atoms with Gasteiger partial charge in [0.05, 0.1) is 6.61 Å². The van der Waals surface area contributed by atoms with Crippen molar-refractivity contribution in [2.45, 2.75) is 96.8 Å². The lowest BCUT2D eigenvalue weighted by atomic mass is 10.0. The van der Waals surface area contributed by atoms with Crippen LogP contribution < -0.4 is 0 Å². The van der Waals surface area contributed by atoms with Crippen LogP contribution in [0.3, 0.4) is 0 Å². The van der Waals surface area contributed by atoms with Crippen molar-refractivity contribution in [3.05, 3.63) is 0 Å². The molecule has 0 heterocycles. The first-order valence-corrected chi connectivity index (χ1v) is 10.2. The maximum atomic E-state index is 10.9. The van der Waals surface area contributed by atoms with Gasteiger partial charge in [-0.2, -0.15) is 0 Å². The van der Waals surface area contributed by atoms with Crippen LogP contribution in [0.15, 0.2) is 0 Å². The Morgan fingerprint density at radius 3 is 1.43 bits per heavy atom. The zero-order valence-corrected chi connectivity index (χ0v) is 15.3. The van der Waals surface area contributed by atoms with E-state index < -0.39 is 8.25 Å². The second kappa shape index (κ2) is 18.2. The molecule has 4 heteroatoms. The molecule has 0 N–H and O–H groups in total. The lowest BCUT2D eigenvalue weighted by Gasteiger charge is -2.04. The second-order valence-electron chi connectivity index (χ2n) is 5.90. The Morgan fingerprint density at radius 2 is 1.05 bits per heavy atom. The van der Waals surface area contributed by atoms with Crippen LogP contribution in [0.4, 0.5) is 0 Å².